The van der Waals surface area contributed by atoms with Crippen LogP contribution in [0.3, 0.4) is 0 Å². The lowest BCUT2D eigenvalue weighted by Crippen LogP contribution is -2.16. The van der Waals surface area contributed by atoms with Crippen LogP contribution in [0.5, 0.6) is 5.75 Å². The highest BCUT2D eigenvalue weighted by atomic mass is 16.5. The van der Waals surface area contributed by atoms with Gasteiger partial charge in [0, 0.05) is 24.9 Å². The van der Waals surface area contributed by atoms with Crippen LogP contribution in [0.1, 0.15) is 32.6 Å². The van der Waals surface area contributed by atoms with Gasteiger partial charge in [0.15, 0.2) is 0 Å². The van der Waals surface area contributed by atoms with Crippen molar-refractivity contribution >= 4 is 5.69 Å². The summed E-state index contributed by atoms with van der Waals surface area (Å²) < 4.78 is 11.3. The maximum Gasteiger partial charge on any atom is 0.121 e. The second-order valence-electron chi connectivity index (χ2n) is 4.75. The van der Waals surface area contributed by atoms with E-state index in [0.717, 1.165) is 37.4 Å². The molecule has 1 N–H and O–H groups in total. The molecule has 0 saturated carbocycles. The van der Waals surface area contributed by atoms with Crippen LogP contribution < -0.4 is 10.1 Å². The number of unbranched alkanes of at least 4 members (excludes halogenated alkanes) is 1. The number of hydrogen-bond acceptors (Lipinski definition) is 3. The van der Waals surface area contributed by atoms with Crippen LogP contribution in [0.2, 0.25) is 0 Å². The molecule has 2 rings (SSSR count). The lowest BCUT2D eigenvalue weighted by atomic mass is 10.2. The fourth-order valence-electron chi connectivity index (χ4n) is 2.07. The monoisotopic (exact) mass is 249 g/mol. The molecule has 1 heterocycles. The molecule has 100 valence electrons. The van der Waals surface area contributed by atoms with Crippen molar-refractivity contribution in [3.8, 4) is 5.75 Å². The highest BCUT2D eigenvalue weighted by molar-refractivity contribution is 5.48. The number of rotatable bonds is 7. The Kier molecular flexibility index (Phi) is 5.34. The van der Waals surface area contributed by atoms with E-state index in [2.05, 4.69) is 24.4 Å². The Morgan fingerprint density at radius 3 is 3.17 bits per heavy atom. The van der Waals surface area contributed by atoms with Gasteiger partial charge >= 0.3 is 0 Å². The van der Waals surface area contributed by atoms with Gasteiger partial charge in [0.2, 0.25) is 0 Å². The predicted octanol–water partition coefficient (Wildman–Crippen LogP) is 3.46. The standard InChI is InChI=1S/C15H23NO2/c1-2-3-9-16-13-6-4-7-14(11-13)18-12-15-8-5-10-17-15/h4,6-7,11,15-16H,2-3,5,8-10,12H2,1H3/t15-/m0/s1. The van der Waals surface area contributed by atoms with E-state index in [0.29, 0.717) is 6.61 Å². The lowest BCUT2D eigenvalue weighted by molar-refractivity contribution is 0.0680. The van der Waals surface area contributed by atoms with Crippen LogP contribution in [-0.4, -0.2) is 25.9 Å². The van der Waals surface area contributed by atoms with Crippen molar-refractivity contribution in [1.82, 2.24) is 0 Å². The van der Waals surface area contributed by atoms with Crippen LogP contribution in [-0.2, 0) is 4.74 Å². The normalized spacial score (nSPS) is 18.8. The van der Waals surface area contributed by atoms with Crippen molar-refractivity contribution in [1.29, 1.82) is 0 Å². The van der Waals surface area contributed by atoms with Crippen LogP contribution in [0.15, 0.2) is 24.3 Å². The van der Waals surface area contributed by atoms with E-state index in [1.54, 1.807) is 0 Å². The largest absolute Gasteiger partial charge is 0.491 e. The van der Waals surface area contributed by atoms with Crippen LogP contribution in [0.25, 0.3) is 0 Å². The number of hydrogen-bond donors (Lipinski definition) is 1. The summed E-state index contributed by atoms with van der Waals surface area (Å²) in [5, 5.41) is 3.40. The molecule has 0 aliphatic carbocycles. The number of benzene rings is 1. The first-order valence-corrected chi connectivity index (χ1v) is 6.97. The Morgan fingerprint density at radius 1 is 1.44 bits per heavy atom. The summed E-state index contributed by atoms with van der Waals surface area (Å²) in [5.74, 6) is 0.923. The summed E-state index contributed by atoms with van der Waals surface area (Å²) in [6.07, 6.45) is 4.96. The zero-order chi connectivity index (χ0) is 12.6. The van der Waals surface area contributed by atoms with E-state index in [9.17, 15) is 0 Å². The number of ether oxygens (including phenoxy) is 2. The van der Waals surface area contributed by atoms with Gasteiger partial charge < -0.3 is 14.8 Å². The SMILES string of the molecule is CCCCNc1cccc(OC[C@@H]2CCCO2)c1. The second-order valence-corrected chi connectivity index (χ2v) is 4.75. The summed E-state index contributed by atoms with van der Waals surface area (Å²) in [4.78, 5) is 0. The zero-order valence-corrected chi connectivity index (χ0v) is 11.2. The highest BCUT2D eigenvalue weighted by Gasteiger charge is 2.15. The molecule has 0 aromatic heterocycles. The summed E-state index contributed by atoms with van der Waals surface area (Å²) >= 11 is 0. The van der Waals surface area contributed by atoms with Gasteiger partial charge in [-0.1, -0.05) is 19.4 Å². The second kappa shape index (κ2) is 7.27. The Labute approximate surface area is 109 Å². The average Bonchev–Trinajstić information content (AvgIpc) is 2.90. The molecule has 0 spiro atoms. The molecular formula is C15H23NO2. The molecule has 1 aliphatic heterocycles. The van der Waals surface area contributed by atoms with E-state index in [1.165, 1.54) is 12.8 Å². The van der Waals surface area contributed by atoms with Crippen LogP contribution >= 0.6 is 0 Å². The molecule has 1 aliphatic rings. The molecule has 0 bridgehead atoms. The minimum atomic E-state index is 0.279. The topological polar surface area (TPSA) is 30.5 Å². The van der Waals surface area contributed by atoms with Crippen molar-refractivity contribution in [3.05, 3.63) is 24.3 Å². The smallest absolute Gasteiger partial charge is 0.121 e. The fraction of sp³-hybridized carbons (Fsp3) is 0.600. The first-order chi connectivity index (χ1) is 8.88. The molecular weight excluding hydrogens is 226 g/mol. The van der Waals surface area contributed by atoms with Gasteiger partial charge in [-0.3, -0.25) is 0 Å². The van der Waals surface area contributed by atoms with Gasteiger partial charge in [0.05, 0.1) is 6.10 Å². The third-order valence-electron chi connectivity index (χ3n) is 3.15. The molecule has 1 aromatic rings. The molecule has 0 amide bonds. The van der Waals surface area contributed by atoms with Crippen LogP contribution in [0, 0.1) is 0 Å². The highest BCUT2D eigenvalue weighted by Crippen LogP contribution is 2.19. The summed E-state index contributed by atoms with van der Waals surface area (Å²) in [6, 6.07) is 8.16. The summed E-state index contributed by atoms with van der Waals surface area (Å²) in [7, 11) is 0. The van der Waals surface area contributed by atoms with Crippen molar-refractivity contribution < 1.29 is 9.47 Å². The van der Waals surface area contributed by atoms with Crippen molar-refractivity contribution in [2.75, 3.05) is 25.1 Å². The molecule has 0 radical (unpaired) electrons. The Balaban J connectivity index is 1.78. The molecule has 18 heavy (non-hydrogen) atoms. The van der Waals surface area contributed by atoms with Crippen molar-refractivity contribution in [2.45, 2.75) is 38.7 Å². The lowest BCUT2D eigenvalue weighted by Gasteiger charge is -2.12. The van der Waals surface area contributed by atoms with Crippen molar-refractivity contribution in [3.63, 3.8) is 0 Å². The minimum Gasteiger partial charge on any atom is -0.491 e. The predicted molar refractivity (Wildman–Crippen MR) is 74.3 cm³/mol. The molecule has 3 nitrogen and oxygen atoms in total. The minimum absolute atomic E-state index is 0.279. The van der Waals surface area contributed by atoms with E-state index < -0.39 is 0 Å². The first kappa shape index (κ1) is 13.2. The molecule has 1 atom stereocenters. The number of nitrogens with one attached hydrogen (secondary N) is 1. The summed E-state index contributed by atoms with van der Waals surface area (Å²) in [6.45, 7) is 4.76. The van der Waals surface area contributed by atoms with Gasteiger partial charge in [-0.15, -0.1) is 0 Å². The Hall–Kier alpha value is -1.22. The van der Waals surface area contributed by atoms with E-state index >= 15 is 0 Å². The molecule has 3 heteroatoms. The maximum atomic E-state index is 5.77. The van der Waals surface area contributed by atoms with Crippen molar-refractivity contribution in [2.24, 2.45) is 0 Å². The molecule has 0 unspecified atom stereocenters. The van der Waals surface area contributed by atoms with Crippen LogP contribution in [0.4, 0.5) is 5.69 Å². The molecule has 1 saturated heterocycles. The van der Waals surface area contributed by atoms with Gasteiger partial charge in [-0.25, -0.2) is 0 Å². The Morgan fingerprint density at radius 2 is 2.39 bits per heavy atom. The van der Waals surface area contributed by atoms with E-state index in [1.807, 2.05) is 12.1 Å². The molecule has 1 aromatic carbocycles. The quantitative estimate of drug-likeness (QED) is 0.751. The summed E-state index contributed by atoms with van der Waals surface area (Å²) in [5.41, 5.74) is 1.13. The zero-order valence-electron chi connectivity index (χ0n) is 11.2. The molecule has 1 fully saturated rings. The van der Waals surface area contributed by atoms with Gasteiger partial charge in [-0.05, 0) is 31.4 Å². The third kappa shape index (κ3) is 4.22. The average molecular weight is 249 g/mol. The van der Waals surface area contributed by atoms with Gasteiger partial charge in [0.1, 0.15) is 12.4 Å². The van der Waals surface area contributed by atoms with E-state index in [4.69, 9.17) is 9.47 Å². The first-order valence-electron chi connectivity index (χ1n) is 6.97. The fourth-order valence-corrected chi connectivity index (χ4v) is 2.07. The van der Waals surface area contributed by atoms with Gasteiger partial charge in [-0.2, -0.15) is 0 Å². The third-order valence-corrected chi connectivity index (χ3v) is 3.15. The number of anilines is 1. The Bertz CT molecular complexity index is 348. The van der Waals surface area contributed by atoms with Gasteiger partial charge in [0.25, 0.3) is 0 Å². The van der Waals surface area contributed by atoms with E-state index in [-0.39, 0.29) is 6.10 Å². The maximum absolute atomic E-state index is 5.77.